The van der Waals surface area contributed by atoms with Gasteiger partial charge in [-0.3, -0.25) is 14.6 Å². The molecular weight excluding hydrogens is 268 g/mol. The van der Waals surface area contributed by atoms with Gasteiger partial charge in [0.2, 0.25) is 5.91 Å². The standard InChI is InChI=1S/C14H16N6O/c1-2-12(20-8-4-7-17-20)14(21)16-9-11-10-5-3-6-15-13(10)19-18-11/h3-8,12H,2,9H2,1H3,(H,16,21)(H,15,18,19). The maximum absolute atomic E-state index is 12.3. The molecule has 0 fully saturated rings. The topological polar surface area (TPSA) is 88.5 Å². The molecule has 7 heteroatoms. The van der Waals surface area contributed by atoms with E-state index in [1.165, 1.54) is 0 Å². The van der Waals surface area contributed by atoms with Crippen LogP contribution in [0.2, 0.25) is 0 Å². The molecule has 3 heterocycles. The first kappa shape index (κ1) is 13.3. The van der Waals surface area contributed by atoms with Crippen LogP contribution in [0.5, 0.6) is 0 Å². The summed E-state index contributed by atoms with van der Waals surface area (Å²) in [6, 6.07) is 5.29. The number of nitrogens with zero attached hydrogens (tertiary/aromatic N) is 4. The van der Waals surface area contributed by atoms with Gasteiger partial charge in [-0.1, -0.05) is 6.92 Å². The lowest BCUT2D eigenvalue weighted by Crippen LogP contribution is -2.32. The van der Waals surface area contributed by atoms with Gasteiger partial charge in [0.15, 0.2) is 5.65 Å². The van der Waals surface area contributed by atoms with E-state index in [-0.39, 0.29) is 11.9 Å². The van der Waals surface area contributed by atoms with Gasteiger partial charge in [0.25, 0.3) is 0 Å². The van der Waals surface area contributed by atoms with Crippen LogP contribution >= 0.6 is 0 Å². The van der Waals surface area contributed by atoms with Crippen LogP contribution in [0.25, 0.3) is 11.0 Å². The van der Waals surface area contributed by atoms with Crippen molar-refractivity contribution >= 4 is 16.9 Å². The minimum absolute atomic E-state index is 0.0622. The molecule has 0 aromatic carbocycles. The Bertz CT molecular complexity index is 733. The van der Waals surface area contributed by atoms with Gasteiger partial charge in [-0.2, -0.15) is 10.2 Å². The Morgan fingerprint density at radius 1 is 1.43 bits per heavy atom. The Labute approximate surface area is 121 Å². The lowest BCUT2D eigenvalue weighted by Gasteiger charge is -2.15. The van der Waals surface area contributed by atoms with Gasteiger partial charge in [0.1, 0.15) is 6.04 Å². The highest BCUT2D eigenvalue weighted by atomic mass is 16.2. The number of fused-ring (bicyclic) bond motifs is 1. The molecule has 0 bridgehead atoms. The Hall–Kier alpha value is -2.70. The molecule has 0 spiro atoms. The Balaban J connectivity index is 1.71. The van der Waals surface area contributed by atoms with Gasteiger partial charge in [-0.15, -0.1) is 0 Å². The fourth-order valence-electron chi connectivity index (χ4n) is 2.29. The molecule has 0 radical (unpaired) electrons. The van der Waals surface area contributed by atoms with Crippen molar-refractivity contribution in [1.29, 1.82) is 0 Å². The number of nitrogens with one attached hydrogen (secondary N) is 2. The van der Waals surface area contributed by atoms with Crippen molar-refractivity contribution in [2.75, 3.05) is 0 Å². The maximum atomic E-state index is 12.3. The third-order valence-corrected chi connectivity index (χ3v) is 3.38. The number of aromatic amines is 1. The van der Waals surface area contributed by atoms with Crippen LogP contribution in [0, 0.1) is 0 Å². The van der Waals surface area contributed by atoms with Crippen molar-refractivity contribution < 1.29 is 4.79 Å². The number of amides is 1. The van der Waals surface area contributed by atoms with Crippen LogP contribution in [0.3, 0.4) is 0 Å². The second-order valence-corrected chi connectivity index (χ2v) is 4.70. The Morgan fingerprint density at radius 3 is 3.10 bits per heavy atom. The largest absolute Gasteiger partial charge is 0.349 e. The highest BCUT2D eigenvalue weighted by Gasteiger charge is 2.18. The van der Waals surface area contributed by atoms with Gasteiger partial charge in [0, 0.05) is 24.0 Å². The molecule has 0 saturated heterocycles. The predicted molar refractivity (Wildman–Crippen MR) is 77.3 cm³/mol. The molecule has 7 nitrogen and oxygen atoms in total. The second-order valence-electron chi connectivity index (χ2n) is 4.70. The fourth-order valence-corrected chi connectivity index (χ4v) is 2.29. The first-order chi connectivity index (χ1) is 10.3. The number of aromatic nitrogens is 5. The lowest BCUT2D eigenvalue weighted by atomic mass is 10.2. The summed E-state index contributed by atoms with van der Waals surface area (Å²) in [4.78, 5) is 16.4. The first-order valence-electron chi connectivity index (χ1n) is 6.84. The summed E-state index contributed by atoms with van der Waals surface area (Å²) in [5.74, 6) is -0.0622. The highest BCUT2D eigenvalue weighted by Crippen LogP contribution is 2.14. The number of H-pyrrole nitrogens is 1. The number of carbonyl (C=O) groups excluding carboxylic acids is 1. The van der Waals surface area contributed by atoms with Crippen LogP contribution in [0.15, 0.2) is 36.8 Å². The molecule has 0 aliphatic carbocycles. The van der Waals surface area contributed by atoms with Crippen molar-refractivity contribution in [2.24, 2.45) is 0 Å². The zero-order valence-corrected chi connectivity index (χ0v) is 11.7. The average molecular weight is 284 g/mol. The third kappa shape index (κ3) is 2.62. The zero-order valence-electron chi connectivity index (χ0n) is 11.7. The summed E-state index contributed by atoms with van der Waals surface area (Å²) in [7, 11) is 0. The molecule has 3 rings (SSSR count). The number of hydrogen-bond donors (Lipinski definition) is 2. The van der Waals surface area contributed by atoms with Gasteiger partial charge in [0.05, 0.1) is 12.2 Å². The van der Waals surface area contributed by atoms with E-state index in [0.29, 0.717) is 18.6 Å². The van der Waals surface area contributed by atoms with E-state index in [2.05, 4.69) is 25.6 Å². The third-order valence-electron chi connectivity index (χ3n) is 3.38. The van der Waals surface area contributed by atoms with E-state index < -0.39 is 0 Å². The molecule has 0 saturated carbocycles. The van der Waals surface area contributed by atoms with Crippen molar-refractivity contribution in [2.45, 2.75) is 25.9 Å². The van der Waals surface area contributed by atoms with Crippen LogP contribution < -0.4 is 5.32 Å². The minimum atomic E-state index is -0.299. The number of carbonyl (C=O) groups is 1. The number of hydrogen-bond acceptors (Lipinski definition) is 4. The average Bonchev–Trinajstić information content (AvgIpc) is 3.15. The van der Waals surface area contributed by atoms with E-state index in [1.807, 2.05) is 25.1 Å². The van der Waals surface area contributed by atoms with E-state index in [0.717, 1.165) is 11.1 Å². The van der Waals surface area contributed by atoms with Crippen LogP contribution in [-0.2, 0) is 11.3 Å². The molecule has 108 valence electrons. The van der Waals surface area contributed by atoms with Crippen molar-refractivity contribution in [3.63, 3.8) is 0 Å². The second kappa shape index (κ2) is 5.74. The van der Waals surface area contributed by atoms with Gasteiger partial charge >= 0.3 is 0 Å². The fraction of sp³-hybridized carbons (Fsp3) is 0.286. The van der Waals surface area contributed by atoms with Crippen LogP contribution in [-0.4, -0.2) is 30.9 Å². The SMILES string of the molecule is CCC(C(=O)NCc1[nH]nc2ncccc12)n1cccn1. The van der Waals surface area contributed by atoms with Gasteiger partial charge < -0.3 is 5.32 Å². The van der Waals surface area contributed by atoms with E-state index >= 15 is 0 Å². The molecule has 1 atom stereocenters. The minimum Gasteiger partial charge on any atom is -0.349 e. The normalized spacial score (nSPS) is 12.4. The summed E-state index contributed by atoms with van der Waals surface area (Å²) in [5, 5.41) is 15.0. The van der Waals surface area contributed by atoms with E-state index in [4.69, 9.17) is 0 Å². The summed E-state index contributed by atoms with van der Waals surface area (Å²) in [5.41, 5.74) is 1.50. The highest BCUT2D eigenvalue weighted by molar-refractivity contribution is 5.81. The molecular formula is C14H16N6O. The zero-order chi connectivity index (χ0) is 14.7. The first-order valence-corrected chi connectivity index (χ1v) is 6.84. The lowest BCUT2D eigenvalue weighted by molar-refractivity contribution is -0.124. The van der Waals surface area contributed by atoms with E-state index in [9.17, 15) is 4.79 Å². The molecule has 21 heavy (non-hydrogen) atoms. The van der Waals surface area contributed by atoms with Crippen molar-refractivity contribution in [3.05, 3.63) is 42.5 Å². The molecule has 0 aliphatic rings. The summed E-state index contributed by atoms with van der Waals surface area (Å²) >= 11 is 0. The number of pyridine rings is 1. The molecule has 1 unspecified atom stereocenters. The monoisotopic (exact) mass is 284 g/mol. The van der Waals surface area contributed by atoms with Crippen LogP contribution in [0.1, 0.15) is 25.1 Å². The quantitative estimate of drug-likeness (QED) is 0.741. The van der Waals surface area contributed by atoms with Gasteiger partial charge in [-0.25, -0.2) is 4.98 Å². The van der Waals surface area contributed by atoms with Gasteiger partial charge in [-0.05, 0) is 24.6 Å². The van der Waals surface area contributed by atoms with Crippen molar-refractivity contribution in [3.8, 4) is 0 Å². The smallest absolute Gasteiger partial charge is 0.245 e. The number of rotatable bonds is 5. The van der Waals surface area contributed by atoms with Crippen molar-refractivity contribution in [1.82, 2.24) is 30.3 Å². The van der Waals surface area contributed by atoms with E-state index in [1.54, 1.807) is 23.3 Å². The molecule has 0 aliphatic heterocycles. The molecule has 2 N–H and O–H groups in total. The summed E-state index contributed by atoms with van der Waals surface area (Å²) < 4.78 is 1.67. The van der Waals surface area contributed by atoms with Crippen LogP contribution in [0.4, 0.5) is 0 Å². The predicted octanol–water partition coefficient (Wildman–Crippen LogP) is 1.42. The molecule has 3 aromatic rings. The summed E-state index contributed by atoms with van der Waals surface area (Å²) in [6.45, 7) is 2.35. The molecule has 1 amide bonds. The summed E-state index contributed by atoms with van der Waals surface area (Å²) in [6.07, 6.45) is 5.84. The molecule has 3 aromatic heterocycles. The Kier molecular flexibility index (Phi) is 3.63. The Morgan fingerprint density at radius 2 is 2.33 bits per heavy atom. The maximum Gasteiger partial charge on any atom is 0.245 e.